The largest absolute Gasteiger partial charge is 0.339 e. The first kappa shape index (κ1) is 17.3. The summed E-state index contributed by atoms with van der Waals surface area (Å²) in [5.74, 6) is 1.51. The van der Waals surface area contributed by atoms with Gasteiger partial charge in [-0.15, -0.1) is 5.10 Å². The van der Waals surface area contributed by atoms with E-state index in [0.29, 0.717) is 29.0 Å². The number of thioether (sulfide) groups is 1. The maximum Gasteiger partial charge on any atom is 0.226 e. The van der Waals surface area contributed by atoms with Gasteiger partial charge in [-0.3, -0.25) is 4.98 Å². The number of hydrogen-bond donors (Lipinski definition) is 0. The zero-order valence-corrected chi connectivity index (χ0v) is 14.9. The highest BCUT2D eigenvalue weighted by Crippen LogP contribution is 2.20. The highest BCUT2D eigenvalue weighted by Gasteiger charge is 2.11. The minimum atomic E-state index is -0.334. The fourth-order valence-corrected chi connectivity index (χ4v) is 3.22. The van der Waals surface area contributed by atoms with E-state index in [1.54, 1.807) is 24.5 Å². The lowest BCUT2D eigenvalue weighted by atomic mass is 10.3. The number of hydrogen-bond acceptors (Lipinski definition) is 8. The number of tetrazole rings is 1. The predicted octanol–water partition coefficient (Wildman–Crippen LogP) is 2.97. The molecule has 0 bridgehead atoms. The minimum Gasteiger partial charge on any atom is -0.339 e. The van der Waals surface area contributed by atoms with Crippen molar-refractivity contribution in [2.75, 3.05) is 5.75 Å². The fraction of sp³-hybridized carbons (Fsp3) is 0.176. The number of aromatic nitrogens is 7. The number of pyridine rings is 1. The Labute approximate surface area is 157 Å². The van der Waals surface area contributed by atoms with Gasteiger partial charge in [0.25, 0.3) is 0 Å². The molecule has 0 aliphatic heterocycles. The van der Waals surface area contributed by atoms with Crippen LogP contribution in [-0.4, -0.2) is 41.1 Å². The van der Waals surface area contributed by atoms with Gasteiger partial charge in [0, 0.05) is 30.1 Å². The molecular formula is C17H14FN7OS. The van der Waals surface area contributed by atoms with Gasteiger partial charge in [0.05, 0.1) is 5.69 Å². The molecule has 4 rings (SSSR count). The summed E-state index contributed by atoms with van der Waals surface area (Å²) >= 11 is 1.48. The van der Waals surface area contributed by atoms with Gasteiger partial charge in [0.15, 0.2) is 0 Å². The standard InChI is InChI=1S/C17H14FN7OS/c18-13-5-1-6-14(10-13)25-17(21-23-24-25)27-9-3-7-15-20-16(22-26-15)12-4-2-8-19-11-12/h1-2,4-6,8,10-11H,3,7,9H2. The van der Waals surface area contributed by atoms with Crippen LogP contribution < -0.4 is 0 Å². The Bertz CT molecular complexity index is 1020. The molecule has 0 radical (unpaired) electrons. The zero-order valence-electron chi connectivity index (χ0n) is 14.1. The Hall–Kier alpha value is -3.14. The third-order valence-corrected chi connectivity index (χ3v) is 4.65. The van der Waals surface area contributed by atoms with Crippen LogP contribution in [0.2, 0.25) is 0 Å². The summed E-state index contributed by atoms with van der Waals surface area (Å²) in [5.41, 5.74) is 1.40. The maximum absolute atomic E-state index is 13.4. The molecule has 0 N–H and O–H groups in total. The van der Waals surface area contributed by atoms with Crippen LogP contribution in [-0.2, 0) is 6.42 Å². The summed E-state index contributed by atoms with van der Waals surface area (Å²) in [5, 5.41) is 16.2. The van der Waals surface area contributed by atoms with Crippen molar-refractivity contribution in [2.45, 2.75) is 18.0 Å². The van der Waals surface area contributed by atoms with Crippen molar-refractivity contribution < 1.29 is 8.91 Å². The topological polar surface area (TPSA) is 95.4 Å². The normalized spacial score (nSPS) is 11.0. The van der Waals surface area contributed by atoms with Gasteiger partial charge in [0.1, 0.15) is 5.82 Å². The molecule has 3 aromatic heterocycles. The molecule has 0 spiro atoms. The number of benzene rings is 1. The summed E-state index contributed by atoms with van der Waals surface area (Å²) in [6.07, 6.45) is 4.83. The quantitative estimate of drug-likeness (QED) is 0.355. The first-order valence-corrected chi connectivity index (χ1v) is 9.18. The van der Waals surface area contributed by atoms with Crippen LogP contribution in [0.1, 0.15) is 12.3 Å². The third-order valence-electron chi connectivity index (χ3n) is 3.65. The van der Waals surface area contributed by atoms with E-state index < -0.39 is 0 Å². The lowest BCUT2D eigenvalue weighted by Crippen LogP contribution is -2.00. The minimum absolute atomic E-state index is 0.334. The average Bonchev–Trinajstić information content (AvgIpc) is 3.36. The predicted molar refractivity (Wildman–Crippen MR) is 95.7 cm³/mol. The molecule has 1 aromatic carbocycles. The molecule has 0 aliphatic carbocycles. The second-order valence-electron chi connectivity index (χ2n) is 5.56. The summed E-state index contributed by atoms with van der Waals surface area (Å²) in [6.45, 7) is 0. The molecule has 136 valence electrons. The van der Waals surface area contributed by atoms with E-state index >= 15 is 0 Å². The first-order chi connectivity index (χ1) is 13.3. The molecular weight excluding hydrogens is 369 g/mol. The average molecular weight is 383 g/mol. The summed E-state index contributed by atoms with van der Waals surface area (Å²) < 4.78 is 20.2. The highest BCUT2D eigenvalue weighted by molar-refractivity contribution is 7.99. The summed E-state index contributed by atoms with van der Waals surface area (Å²) in [7, 11) is 0. The van der Waals surface area contributed by atoms with E-state index in [-0.39, 0.29) is 5.82 Å². The van der Waals surface area contributed by atoms with Crippen molar-refractivity contribution in [2.24, 2.45) is 0 Å². The second-order valence-corrected chi connectivity index (χ2v) is 6.62. The Morgan fingerprint density at radius 3 is 3.00 bits per heavy atom. The molecule has 0 amide bonds. The monoisotopic (exact) mass is 383 g/mol. The van der Waals surface area contributed by atoms with Crippen molar-refractivity contribution in [1.29, 1.82) is 0 Å². The number of halogens is 1. The van der Waals surface area contributed by atoms with E-state index in [1.165, 1.54) is 28.6 Å². The molecule has 27 heavy (non-hydrogen) atoms. The maximum atomic E-state index is 13.4. The summed E-state index contributed by atoms with van der Waals surface area (Å²) in [4.78, 5) is 8.42. The van der Waals surface area contributed by atoms with Gasteiger partial charge in [0.2, 0.25) is 16.9 Å². The van der Waals surface area contributed by atoms with Crippen LogP contribution in [0.3, 0.4) is 0 Å². The van der Waals surface area contributed by atoms with Crippen LogP contribution in [0, 0.1) is 5.82 Å². The Morgan fingerprint density at radius 1 is 1.19 bits per heavy atom. The first-order valence-electron chi connectivity index (χ1n) is 8.20. The lowest BCUT2D eigenvalue weighted by molar-refractivity contribution is 0.378. The molecule has 0 aliphatic rings. The molecule has 0 saturated carbocycles. The fourth-order valence-electron chi connectivity index (χ4n) is 2.39. The van der Waals surface area contributed by atoms with Crippen LogP contribution in [0.25, 0.3) is 17.1 Å². The van der Waals surface area contributed by atoms with Crippen LogP contribution >= 0.6 is 11.8 Å². The van der Waals surface area contributed by atoms with E-state index in [0.717, 1.165) is 17.7 Å². The summed E-state index contributed by atoms with van der Waals surface area (Å²) in [6, 6.07) is 9.84. The number of rotatable bonds is 7. The van der Waals surface area contributed by atoms with Crippen LogP contribution in [0.4, 0.5) is 4.39 Å². The molecule has 10 heteroatoms. The van der Waals surface area contributed by atoms with Crippen molar-refractivity contribution >= 4 is 11.8 Å². The van der Waals surface area contributed by atoms with E-state index in [4.69, 9.17) is 4.52 Å². The molecule has 8 nitrogen and oxygen atoms in total. The smallest absolute Gasteiger partial charge is 0.226 e. The van der Waals surface area contributed by atoms with Gasteiger partial charge in [-0.2, -0.15) is 9.67 Å². The molecule has 0 saturated heterocycles. The Balaban J connectivity index is 1.33. The van der Waals surface area contributed by atoms with Gasteiger partial charge < -0.3 is 4.52 Å². The lowest BCUT2D eigenvalue weighted by Gasteiger charge is -2.03. The highest BCUT2D eigenvalue weighted by atomic mass is 32.2. The van der Waals surface area contributed by atoms with Crippen LogP contribution in [0.5, 0.6) is 0 Å². The van der Waals surface area contributed by atoms with Crippen molar-refractivity contribution in [3.8, 4) is 17.1 Å². The van der Waals surface area contributed by atoms with Gasteiger partial charge in [-0.1, -0.05) is 23.0 Å². The van der Waals surface area contributed by atoms with E-state index in [2.05, 4.69) is 30.7 Å². The Kier molecular flexibility index (Phi) is 5.15. The van der Waals surface area contributed by atoms with Crippen molar-refractivity contribution in [3.63, 3.8) is 0 Å². The molecule has 0 unspecified atom stereocenters. The molecule has 0 atom stereocenters. The Morgan fingerprint density at radius 2 is 2.15 bits per heavy atom. The molecule has 4 aromatic rings. The second kappa shape index (κ2) is 8.04. The van der Waals surface area contributed by atoms with E-state index in [9.17, 15) is 4.39 Å². The van der Waals surface area contributed by atoms with Crippen molar-refractivity contribution in [3.05, 3.63) is 60.5 Å². The van der Waals surface area contributed by atoms with E-state index in [1.807, 2.05) is 12.1 Å². The SMILES string of the molecule is Fc1cccc(-n2nnnc2SCCCc2nc(-c3cccnc3)no2)c1. The van der Waals surface area contributed by atoms with Gasteiger partial charge in [-0.05, 0) is 47.2 Å². The zero-order chi connectivity index (χ0) is 18.5. The van der Waals surface area contributed by atoms with Gasteiger partial charge in [-0.25, -0.2) is 4.39 Å². The van der Waals surface area contributed by atoms with Crippen LogP contribution in [0.15, 0.2) is 58.5 Å². The van der Waals surface area contributed by atoms with Gasteiger partial charge >= 0.3 is 0 Å². The molecule has 3 heterocycles. The number of aryl methyl sites for hydroxylation is 1. The van der Waals surface area contributed by atoms with Crippen molar-refractivity contribution in [1.82, 2.24) is 35.3 Å². The molecule has 0 fully saturated rings. The number of nitrogens with zero attached hydrogens (tertiary/aromatic N) is 7. The third kappa shape index (κ3) is 4.17.